The standard InChI is InChI=1S/C9H17N3/c1-7(10)4-5-9-6-8(2)11-12(9)3/h6-7H,4-5,10H2,1-3H3. The van der Waals surface area contributed by atoms with Gasteiger partial charge in [-0.3, -0.25) is 4.68 Å². The van der Waals surface area contributed by atoms with Gasteiger partial charge in [0.15, 0.2) is 0 Å². The fraction of sp³-hybridized carbons (Fsp3) is 0.667. The molecule has 0 aliphatic rings. The maximum atomic E-state index is 5.67. The van der Waals surface area contributed by atoms with Gasteiger partial charge in [-0.2, -0.15) is 5.10 Å². The van der Waals surface area contributed by atoms with Gasteiger partial charge in [-0.25, -0.2) is 0 Å². The first kappa shape index (κ1) is 9.26. The summed E-state index contributed by atoms with van der Waals surface area (Å²) in [6.45, 7) is 4.04. The third-order valence-corrected chi connectivity index (χ3v) is 1.95. The molecule has 0 aliphatic carbocycles. The molecule has 1 atom stereocenters. The minimum absolute atomic E-state index is 0.278. The van der Waals surface area contributed by atoms with Crippen LogP contribution in [0.3, 0.4) is 0 Å². The molecule has 0 spiro atoms. The highest BCUT2D eigenvalue weighted by Gasteiger charge is 2.02. The minimum Gasteiger partial charge on any atom is -0.328 e. The Balaban J connectivity index is 2.57. The first-order valence-electron chi connectivity index (χ1n) is 4.34. The number of aromatic nitrogens is 2. The van der Waals surface area contributed by atoms with Crippen LogP contribution >= 0.6 is 0 Å². The molecule has 1 heterocycles. The van der Waals surface area contributed by atoms with Crippen LogP contribution < -0.4 is 5.73 Å². The zero-order valence-corrected chi connectivity index (χ0v) is 8.04. The van der Waals surface area contributed by atoms with E-state index in [1.54, 1.807) is 0 Å². The van der Waals surface area contributed by atoms with Crippen molar-refractivity contribution in [1.29, 1.82) is 0 Å². The molecule has 0 aliphatic heterocycles. The minimum atomic E-state index is 0.278. The predicted molar refractivity (Wildman–Crippen MR) is 49.9 cm³/mol. The molecule has 3 nitrogen and oxygen atoms in total. The third kappa shape index (κ3) is 2.34. The monoisotopic (exact) mass is 167 g/mol. The van der Waals surface area contributed by atoms with Gasteiger partial charge in [0.1, 0.15) is 0 Å². The van der Waals surface area contributed by atoms with Crippen molar-refractivity contribution in [3.63, 3.8) is 0 Å². The van der Waals surface area contributed by atoms with Gasteiger partial charge in [-0.15, -0.1) is 0 Å². The largest absolute Gasteiger partial charge is 0.328 e. The van der Waals surface area contributed by atoms with Crippen LogP contribution in [-0.4, -0.2) is 15.8 Å². The smallest absolute Gasteiger partial charge is 0.0596 e. The van der Waals surface area contributed by atoms with Gasteiger partial charge in [-0.05, 0) is 32.8 Å². The molecular formula is C9H17N3. The van der Waals surface area contributed by atoms with Crippen molar-refractivity contribution in [2.45, 2.75) is 32.7 Å². The lowest BCUT2D eigenvalue weighted by Gasteiger charge is -2.04. The molecule has 1 aromatic rings. The molecule has 68 valence electrons. The average molecular weight is 167 g/mol. The van der Waals surface area contributed by atoms with Crippen LogP contribution in [0, 0.1) is 6.92 Å². The van der Waals surface area contributed by atoms with Crippen molar-refractivity contribution in [3.8, 4) is 0 Å². The summed E-state index contributed by atoms with van der Waals surface area (Å²) in [5.41, 5.74) is 8.02. The summed E-state index contributed by atoms with van der Waals surface area (Å²) < 4.78 is 1.93. The van der Waals surface area contributed by atoms with Gasteiger partial charge in [0.2, 0.25) is 0 Å². The van der Waals surface area contributed by atoms with Crippen LogP contribution in [0.1, 0.15) is 24.7 Å². The molecule has 12 heavy (non-hydrogen) atoms. The number of nitrogens with two attached hydrogens (primary N) is 1. The molecule has 0 aromatic carbocycles. The Morgan fingerprint density at radius 1 is 1.67 bits per heavy atom. The highest BCUT2D eigenvalue weighted by Crippen LogP contribution is 2.05. The summed E-state index contributed by atoms with van der Waals surface area (Å²) in [6.07, 6.45) is 2.05. The summed E-state index contributed by atoms with van der Waals surface area (Å²) in [4.78, 5) is 0. The molecule has 1 rings (SSSR count). The second kappa shape index (κ2) is 3.72. The van der Waals surface area contributed by atoms with Crippen LogP contribution in [0.25, 0.3) is 0 Å². The number of hydrogen-bond acceptors (Lipinski definition) is 2. The first-order valence-corrected chi connectivity index (χ1v) is 4.34. The van der Waals surface area contributed by atoms with Crippen molar-refractivity contribution in [2.24, 2.45) is 12.8 Å². The Hall–Kier alpha value is -0.830. The van der Waals surface area contributed by atoms with Gasteiger partial charge < -0.3 is 5.73 Å². The van der Waals surface area contributed by atoms with Gasteiger partial charge in [0, 0.05) is 18.8 Å². The maximum Gasteiger partial charge on any atom is 0.0596 e. The fourth-order valence-corrected chi connectivity index (χ4v) is 1.27. The first-order chi connectivity index (χ1) is 5.59. The lowest BCUT2D eigenvalue weighted by atomic mass is 10.1. The highest BCUT2D eigenvalue weighted by molar-refractivity contribution is 5.08. The van der Waals surface area contributed by atoms with E-state index in [1.807, 2.05) is 25.6 Å². The van der Waals surface area contributed by atoms with E-state index in [-0.39, 0.29) is 6.04 Å². The summed E-state index contributed by atoms with van der Waals surface area (Å²) in [5.74, 6) is 0. The van der Waals surface area contributed by atoms with E-state index in [2.05, 4.69) is 11.2 Å². The normalized spacial score (nSPS) is 13.3. The molecule has 0 amide bonds. The second-order valence-corrected chi connectivity index (χ2v) is 3.42. The Morgan fingerprint density at radius 3 is 2.75 bits per heavy atom. The van der Waals surface area contributed by atoms with E-state index in [0.717, 1.165) is 18.5 Å². The Bertz CT molecular complexity index is 250. The lowest BCUT2D eigenvalue weighted by Crippen LogP contribution is -2.16. The lowest BCUT2D eigenvalue weighted by molar-refractivity contribution is 0.623. The van der Waals surface area contributed by atoms with Gasteiger partial charge in [0.05, 0.1) is 5.69 Å². The maximum absolute atomic E-state index is 5.67. The highest BCUT2D eigenvalue weighted by atomic mass is 15.3. The van der Waals surface area contributed by atoms with E-state index in [4.69, 9.17) is 5.73 Å². The van der Waals surface area contributed by atoms with Crippen molar-refractivity contribution in [1.82, 2.24) is 9.78 Å². The quantitative estimate of drug-likeness (QED) is 0.730. The Labute approximate surface area is 73.6 Å². The summed E-state index contributed by atoms with van der Waals surface area (Å²) in [6, 6.07) is 2.39. The molecule has 2 N–H and O–H groups in total. The molecule has 1 aromatic heterocycles. The van der Waals surface area contributed by atoms with Gasteiger partial charge in [0.25, 0.3) is 0 Å². The summed E-state index contributed by atoms with van der Waals surface area (Å²) >= 11 is 0. The van der Waals surface area contributed by atoms with E-state index in [1.165, 1.54) is 5.69 Å². The molecule has 0 saturated carbocycles. The molecule has 0 bridgehead atoms. The van der Waals surface area contributed by atoms with Crippen LogP contribution in [-0.2, 0) is 13.5 Å². The number of nitrogens with zero attached hydrogens (tertiary/aromatic N) is 2. The Morgan fingerprint density at radius 2 is 2.33 bits per heavy atom. The molecule has 0 radical (unpaired) electrons. The molecule has 1 unspecified atom stereocenters. The topological polar surface area (TPSA) is 43.8 Å². The molecule has 3 heteroatoms. The SMILES string of the molecule is Cc1cc(CCC(C)N)n(C)n1. The van der Waals surface area contributed by atoms with E-state index in [9.17, 15) is 0 Å². The van der Waals surface area contributed by atoms with E-state index < -0.39 is 0 Å². The molecule has 0 fully saturated rings. The van der Waals surface area contributed by atoms with Crippen LogP contribution in [0.5, 0.6) is 0 Å². The van der Waals surface area contributed by atoms with Crippen LogP contribution in [0.4, 0.5) is 0 Å². The zero-order chi connectivity index (χ0) is 9.14. The molecule has 0 saturated heterocycles. The van der Waals surface area contributed by atoms with Gasteiger partial charge >= 0.3 is 0 Å². The average Bonchev–Trinajstić information content (AvgIpc) is 2.26. The fourth-order valence-electron chi connectivity index (χ4n) is 1.27. The number of aryl methyl sites for hydroxylation is 3. The van der Waals surface area contributed by atoms with Crippen molar-refractivity contribution in [2.75, 3.05) is 0 Å². The second-order valence-electron chi connectivity index (χ2n) is 3.42. The summed E-state index contributed by atoms with van der Waals surface area (Å²) in [7, 11) is 1.98. The van der Waals surface area contributed by atoms with Gasteiger partial charge in [-0.1, -0.05) is 0 Å². The van der Waals surface area contributed by atoms with Crippen molar-refractivity contribution in [3.05, 3.63) is 17.5 Å². The molecular weight excluding hydrogens is 150 g/mol. The number of hydrogen-bond donors (Lipinski definition) is 1. The van der Waals surface area contributed by atoms with E-state index in [0.29, 0.717) is 0 Å². The Kier molecular flexibility index (Phi) is 2.87. The van der Waals surface area contributed by atoms with Crippen LogP contribution in [0.2, 0.25) is 0 Å². The van der Waals surface area contributed by atoms with Crippen molar-refractivity contribution < 1.29 is 0 Å². The summed E-state index contributed by atoms with van der Waals surface area (Å²) in [5, 5.41) is 4.26. The van der Waals surface area contributed by atoms with E-state index >= 15 is 0 Å². The predicted octanol–water partition coefficient (Wildman–Crippen LogP) is 1.01. The zero-order valence-electron chi connectivity index (χ0n) is 8.04. The number of rotatable bonds is 3. The van der Waals surface area contributed by atoms with Crippen LogP contribution in [0.15, 0.2) is 6.07 Å². The van der Waals surface area contributed by atoms with Crippen molar-refractivity contribution >= 4 is 0 Å². The third-order valence-electron chi connectivity index (χ3n) is 1.95.